The third-order valence-corrected chi connectivity index (χ3v) is 1.80. The molecule has 93 valence electrons. The van der Waals surface area contributed by atoms with Crippen LogP contribution in [-0.4, -0.2) is 23.6 Å². The quantitative estimate of drug-likeness (QED) is 0.769. The molecule has 0 rings (SSSR count). The lowest BCUT2D eigenvalue weighted by atomic mass is 10.0. The predicted molar refractivity (Wildman–Crippen MR) is 61.5 cm³/mol. The summed E-state index contributed by atoms with van der Waals surface area (Å²) < 4.78 is 5.06. The van der Waals surface area contributed by atoms with Crippen LogP contribution in [0.1, 0.15) is 34.6 Å². The summed E-state index contributed by atoms with van der Waals surface area (Å²) in [5, 5.41) is 4.77. The van der Waals surface area contributed by atoms with Gasteiger partial charge in [-0.15, -0.1) is 0 Å². The zero-order valence-electron chi connectivity index (χ0n) is 10.6. The molecule has 0 saturated carbocycles. The van der Waals surface area contributed by atoms with Crippen molar-refractivity contribution in [3.63, 3.8) is 0 Å². The smallest absolute Gasteiger partial charge is 0.408 e. The molecule has 0 fully saturated rings. The molecule has 5 heteroatoms. The summed E-state index contributed by atoms with van der Waals surface area (Å²) in [6.45, 7) is 8.95. The number of carbonyl (C=O) groups is 2. The van der Waals surface area contributed by atoms with E-state index in [0.29, 0.717) is 0 Å². The molecule has 0 aliphatic heterocycles. The van der Waals surface area contributed by atoms with Crippen molar-refractivity contribution in [3.8, 4) is 0 Å². The average Bonchev–Trinajstić information content (AvgIpc) is 2.09. The number of hydrogen-bond donors (Lipinski definition) is 2. The SMILES string of the molecule is [CH2]NC(=O)C(NC(=O)OC(C)(C)C)C(C)C. The summed E-state index contributed by atoms with van der Waals surface area (Å²) in [7, 11) is 3.28. The maximum Gasteiger partial charge on any atom is 0.408 e. The fourth-order valence-corrected chi connectivity index (χ4v) is 1.08. The van der Waals surface area contributed by atoms with E-state index < -0.39 is 17.7 Å². The number of carbonyl (C=O) groups excluding carboxylic acids is 2. The van der Waals surface area contributed by atoms with Gasteiger partial charge in [0.2, 0.25) is 5.91 Å². The minimum Gasteiger partial charge on any atom is -0.444 e. The van der Waals surface area contributed by atoms with E-state index in [-0.39, 0.29) is 11.8 Å². The van der Waals surface area contributed by atoms with Gasteiger partial charge in [-0.25, -0.2) is 4.79 Å². The van der Waals surface area contributed by atoms with Crippen LogP contribution < -0.4 is 10.6 Å². The number of amides is 2. The average molecular weight is 229 g/mol. The lowest BCUT2D eigenvalue weighted by Gasteiger charge is -2.24. The maximum absolute atomic E-state index is 11.5. The minimum absolute atomic E-state index is 0.0331. The number of ether oxygens (including phenoxy) is 1. The Balaban J connectivity index is 4.42. The first-order valence-electron chi connectivity index (χ1n) is 5.24. The van der Waals surface area contributed by atoms with Crippen LogP contribution in [0.3, 0.4) is 0 Å². The Morgan fingerprint density at radius 1 is 1.25 bits per heavy atom. The van der Waals surface area contributed by atoms with E-state index in [2.05, 4.69) is 17.7 Å². The first-order chi connectivity index (χ1) is 7.17. The van der Waals surface area contributed by atoms with Crippen molar-refractivity contribution < 1.29 is 14.3 Å². The van der Waals surface area contributed by atoms with Crippen LogP contribution in [0.4, 0.5) is 4.79 Å². The van der Waals surface area contributed by atoms with Crippen molar-refractivity contribution in [2.45, 2.75) is 46.3 Å². The number of nitrogens with one attached hydrogen (secondary N) is 2. The van der Waals surface area contributed by atoms with E-state index in [9.17, 15) is 9.59 Å². The van der Waals surface area contributed by atoms with Crippen LogP contribution in [0.15, 0.2) is 0 Å². The zero-order valence-corrected chi connectivity index (χ0v) is 10.6. The lowest BCUT2D eigenvalue weighted by molar-refractivity contribution is -0.123. The fourth-order valence-electron chi connectivity index (χ4n) is 1.08. The second kappa shape index (κ2) is 5.72. The normalized spacial score (nSPS) is 13.2. The van der Waals surface area contributed by atoms with Crippen LogP contribution >= 0.6 is 0 Å². The molecule has 0 aliphatic rings. The van der Waals surface area contributed by atoms with Crippen LogP contribution in [-0.2, 0) is 9.53 Å². The van der Waals surface area contributed by atoms with Gasteiger partial charge in [0.25, 0.3) is 0 Å². The van der Waals surface area contributed by atoms with Gasteiger partial charge in [0.15, 0.2) is 0 Å². The monoisotopic (exact) mass is 229 g/mol. The summed E-state index contributed by atoms with van der Waals surface area (Å²) >= 11 is 0. The third-order valence-electron chi connectivity index (χ3n) is 1.80. The van der Waals surface area contributed by atoms with Crippen LogP contribution in [0.25, 0.3) is 0 Å². The molecule has 0 aromatic heterocycles. The Kier molecular flexibility index (Phi) is 5.27. The lowest BCUT2D eigenvalue weighted by Crippen LogP contribution is -2.49. The molecule has 0 aromatic rings. The first kappa shape index (κ1) is 14.7. The molecule has 2 N–H and O–H groups in total. The molecule has 0 heterocycles. The second-order valence-corrected chi connectivity index (χ2v) is 4.91. The summed E-state index contributed by atoms with van der Waals surface area (Å²) in [6, 6.07) is -0.632. The van der Waals surface area contributed by atoms with Gasteiger partial charge in [-0.1, -0.05) is 13.8 Å². The Morgan fingerprint density at radius 3 is 2.06 bits per heavy atom. The van der Waals surface area contributed by atoms with E-state index in [1.165, 1.54) is 0 Å². The minimum atomic E-state index is -0.632. The van der Waals surface area contributed by atoms with Crippen molar-refractivity contribution in [2.75, 3.05) is 0 Å². The Hall–Kier alpha value is -1.26. The first-order valence-corrected chi connectivity index (χ1v) is 5.24. The van der Waals surface area contributed by atoms with Gasteiger partial charge in [0.05, 0.1) is 0 Å². The Morgan fingerprint density at radius 2 is 1.75 bits per heavy atom. The van der Waals surface area contributed by atoms with Crippen molar-refractivity contribution in [2.24, 2.45) is 5.92 Å². The van der Waals surface area contributed by atoms with Gasteiger partial charge < -0.3 is 15.4 Å². The maximum atomic E-state index is 11.5. The van der Waals surface area contributed by atoms with Crippen LogP contribution in [0, 0.1) is 13.0 Å². The molecule has 1 unspecified atom stereocenters. The molecular formula is C11H21N2O3. The molecule has 16 heavy (non-hydrogen) atoms. The van der Waals surface area contributed by atoms with Gasteiger partial charge in [-0.3, -0.25) is 4.79 Å². The molecule has 0 bridgehead atoms. The van der Waals surface area contributed by atoms with Crippen LogP contribution in [0.2, 0.25) is 0 Å². The van der Waals surface area contributed by atoms with Gasteiger partial charge >= 0.3 is 6.09 Å². The molecule has 1 radical (unpaired) electrons. The van der Waals surface area contributed by atoms with Gasteiger partial charge in [-0.05, 0) is 26.7 Å². The molecule has 1 atom stereocenters. The topological polar surface area (TPSA) is 67.4 Å². The number of rotatable bonds is 3. The molecule has 0 saturated heterocycles. The number of alkyl carbamates (subject to hydrolysis) is 1. The van der Waals surface area contributed by atoms with Crippen molar-refractivity contribution in [1.29, 1.82) is 0 Å². The molecule has 0 aromatic carbocycles. The van der Waals surface area contributed by atoms with E-state index in [1.807, 2.05) is 13.8 Å². The molecule has 2 amide bonds. The zero-order chi connectivity index (χ0) is 12.9. The van der Waals surface area contributed by atoms with Crippen molar-refractivity contribution in [3.05, 3.63) is 7.05 Å². The number of hydrogen-bond acceptors (Lipinski definition) is 3. The molecular weight excluding hydrogens is 208 g/mol. The molecule has 5 nitrogen and oxygen atoms in total. The van der Waals surface area contributed by atoms with Gasteiger partial charge in [-0.2, -0.15) is 0 Å². The van der Waals surface area contributed by atoms with E-state index in [1.54, 1.807) is 20.8 Å². The standard InChI is InChI=1S/C11H21N2O3/c1-7(2)8(9(14)12-6)13-10(15)16-11(3,4)5/h7-8H,6H2,1-5H3,(H,12,14)(H,13,15). The van der Waals surface area contributed by atoms with Gasteiger partial charge in [0, 0.05) is 7.05 Å². The summed E-state index contributed by atoms with van der Waals surface area (Å²) in [4.78, 5) is 22.9. The van der Waals surface area contributed by atoms with E-state index in [0.717, 1.165) is 0 Å². The molecule has 0 aliphatic carbocycles. The van der Waals surface area contributed by atoms with Crippen molar-refractivity contribution in [1.82, 2.24) is 10.6 Å². The highest BCUT2D eigenvalue weighted by atomic mass is 16.6. The highest BCUT2D eigenvalue weighted by Crippen LogP contribution is 2.08. The highest BCUT2D eigenvalue weighted by Gasteiger charge is 2.25. The third kappa shape index (κ3) is 5.58. The second-order valence-electron chi connectivity index (χ2n) is 4.91. The van der Waals surface area contributed by atoms with Crippen molar-refractivity contribution >= 4 is 12.0 Å². The van der Waals surface area contributed by atoms with Crippen LogP contribution in [0.5, 0.6) is 0 Å². The Bertz CT molecular complexity index is 256. The summed E-state index contributed by atoms with van der Waals surface area (Å²) in [6.07, 6.45) is -0.602. The molecule has 0 spiro atoms. The van der Waals surface area contributed by atoms with E-state index >= 15 is 0 Å². The largest absolute Gasteiger partial charge is 0.444 e. The van der Waals surface area contributed by atoms with Gasteiger partial charge in [0.1, 0.15) is 11.6 Å². The predicted octanol–water partition coefficient (Wildman–Crippen LogP) is 1.44. The Labute approximate surface area is 96.9 Å². The van der Waals surface area contributed by atoms with E-state index in [4.69, 9.17) is 4.74 Å². The summed E-state index contributed by atoms with van der Waals surface area (Å²) in [5.41, 5.74) is -0.577. The highest BCUT2D eigenvalue weighted by molar-refractivity contribution is 5.85. The summed E-state index contributed by atoms with van der Waals surface area (Å²) in [5.74, 6) is -0.366. The fraction of sp³-hybridized carbons (Fsp3) is 0.727.